The van der Waals surface area contributed by atoms with Crippen molar-refractivity contribution in [2.24, 2.45) is 0 Å². The largest absolute Gasteiger partial charge is 0.495 e. The van der Waals surface area contributed by atoms with Gasteiger partial charge in [0, 0.05) is 0 Å². The molecule has 0 aliphatic rings. The lowest BCUT2D eigenvalue weighted by Crippen LogP contribution is -2.20. The number of carbonyl (C=O) groups is 1. The molecular formula is C19H19N3O4S. The quantitative estimate of drug-likeness (QED) is 0.624. The molecule has 2 aromatic carbocycles. The first-order valence-electron chi connectivity index (χ1n) is 8.24. The Morgan fingerprint density at radius 1 is 1.22 bits per heavy atom. The number of nitrogens with one attached hydrogen (secondary N) is 1. The molecule has 1 amide bonds. The molecule has 0 aliphatic carbocycles. The molecular weight excluding hydrogens is 366 g/mol. The molecule has 0 unspecified atom stereocenters. The van der Waals surface area contributed by atoms with Crippen molar-refractivity contribution in [3.8, 4) is 11.5 Å². The summed E-state index contributed by atoms with van der Waals surface area (Å²) in [5.41, 5.74) is 1.72. The van der Waals surface area contributed by atoms with Crippen LogP contribution >= 0.6 is 12.2 Å². The Morgan fingerprint density at radius 2 is 1.96 bits per heavy atom. The van der Waals surface area contributed by atoms with Gasteiger partial charge in [-0.2, -0.15) is 0 Å². The van der Waals surface area contributed by atoms with Crippen molar-refractivity contribution in [1.82, 2.24) is 9.78 Å². The average Bonchev–Trinajstić information content (AvgIpc) is 3.01. The van der Waals surface area contributed by atoms with Crippen molar-refractivity contribution < 1.29 is 18.7 Å². The third-order valence-electron chi connectivity index (χ3n) is 3.71. The number of hydrogen-bond acceptors (Lipinski definition) is 6. The van der Waals surface area contributed by atoms with Crippen LogP contribution in [0.25, 0.3) is 0 Å². The Hall–Kier alpha value is -3.13. The predicted octanol–water partition coefficient (Wildman–Crippen LogP) is 3.74. The molecule has 0 spiro atoms. The van der Waals surface area contributed by atoms with Crippen molar-refractivity contribution >= 4 is 23.8 Å². The molecule has 8 heteroatoms. The van der Waals surface area contributed by atoms with Crippen LogP contribution in [0.2, 0.25) is 0 Å². The second-order valence-corrected chi connectivity index (χ2v) is 6.12. The number of hydrogen-bond donors (Lipinski definition) is 1. The minimum Gasteiger partial charge on any atom is -0.495 e. The highest BCUT2D eigenvalue weighted by atomic mass is 32.1. The highest BCUT2D eigenvalue weighted by molar-refractivity contribution is 7.71. The van der Waals surface area contributed by atoms with E-state index in [0.717, 1.165) is 5.56 Å². The summed E-state index contributed by atoms with van der Waals surface area (Å²) >= 11 is 5.13. The van der Waals surface area contributed by atoms with Gasteiger partial charge in [0.1, 0.15) is 18.0 Å². The topological polar surface area (TPSA) is 78.5 Å². The third-order valence-corrected chi connectivity index (χ3v) is 4.00. The number of carbonyl (C=O) groups excluding carboxylic acids is 1. The molecule has 0 radical (unpaired) electrons. The van der Waals surface area contributed by atoms with Gasteiger partial charge in [-0.25, -0.2) is 4.68 Å². The highest BCUT2D eigenvalue weighted by Gasteiger charge is 2.12. The molecule has 0 fully saturated rings. The van der Waals surface area contributed by atoms with Gasteiger partial charge < -0.3 is 19.2 Å². The van der Waals surface area contributed by atoms with Gasteiger partial charge in [0.05, 0.1) is 12.8 Å². The Kier molecular flexibility index (Phi) is 5.87. The lowest BCUT2D eigenvalue weighted by atomic mass is 10.2. The van der Waals surface area contributed by atoms with E-state index in [2.05, 4.69) is 10.4 Å². The van der Waals surface area contributed by atoms with Gasteiger partial charge in [-0.05, 0) is 43.4 Å². The number of methoxy groups -OCH3 is 1. The molecule has 3 aromatic rings. The maximum atomic E-state index is 12.3. The number of amides is 1. The second-order valence-electron chi connectivity index (χ2n) is 5.77. The predicted molar refractivity (Wildman–Crippen MR) is 102 cm³/mol. The van der Waals surface area contributed by atoms with Crippen LogP contribution in [0, 0.1) is 11.8 Å². The molecule has 140 valence electrons. The lowest BCUT2D eigenvalue weighted by molar-refractivity contribution is -0.117. The zero-order valence-corrected chi connectivity index (χ0v) is 15.8. The summed E-state index contributed by atoms with van der Waals surface area (Å²) in [5.74, 6) is 1.27. The molecule has 1 N–H and O–H groups in total. The molecule has 7 nitrogen and oxygen atoms in total. The molecule has 0 atom stereocenters. The summed E-state index contributed by atoms with van der Waals surface area (Å²) in [4.78, 5) is 12.4. The fraction of sp³-hybridized carbons (Fsp3) is 0.211. The fourth-order valence-electron chi connectivity index (χ4n) is 2.36. The van der Waals surface area contributed by atoms with Gasteiger partial charge in [0.15, 0.2) is 6.61 Å². The van der Waals surface area contributed by atoms with Crippen LogP contribution in [0.1, 0.15) is 11.5 Å². The fourth-order valence-corrected chi connectivity index (χ4v) is 2.56. The van der Waals surface area contributed by atoms with E-state index < -0.39 is 0 Å². The van der Waals surface area contributed by atoms with Gasteiger partial charge in [-0.3, -0.25) is 4.79 Å². The summed E-state index contributed by atoms with van der Waals surface area (Å²) in [5, 5.41) is 6.96. The van der Waals surface area contributed by atoms with E-state index in [1.807, 2.05) is 37.3 Å². The molecule has 0 bridgehead atoms. The normalized spacial score (nSPS) is 10.4. The molecule has 0 aliphatic heterocycles. The number of para-hydroxylation sites is 2. The number of anilines is 1. The smallest absolute Gasteiger partial charge is 0.287 e. The SMILES string of the molecule is COc1ccccc1NC(=O)Cn1nc(COc2ccc(C)cc2)oc1=S. The molecule has 0 saturated heterocycles. The van der Waals surface area contributed by atoms with Crippen LogP contribution < -0.4 is 14.8 Å². The molecule has 1 aromatic heterocycles. The van der Waals surface area contributed by atoms with Crippen molar-refractivity contribution in [1.29, 1.82) is 0 Å². The zero-order chi connectivity index (χ0) is 19.2. The second kappa shape index (κ2) is 8.50. The monoisotopic (exact) mass is 385 g/mol. The van der Waals surface area contributed by atoms with Gasteiger partial charge in [-0.1, -0.05) is 29.8 Å². The Balaban J connectivity index is 1.61. The molecule has 3 rings (SSSR count). The van der Waals surface area contributed by atoms with E-state index >= 15 is 0 Å². The van der Waals surface area contributed by atoms with Crippen molar-refractivity contribution in [3.05, 3.63) is 64.8 Å². The maximum absolute atomic E-state index is 12.3. The van der Waals surface area contributed by atoms with Gasteiger partial charge >= 0.3 is 0 Å². The van der Waals surface area contributed by atoms with E-state index in [0.29, 0.717) is 23.1 Å². The van der Waals surface area contributed by atoms with E-state index in [1.165, 1.54) is 4.68 Å². The number of benzene rings is 2. The number of ether oxygens (including phenoxy) is 2. The summed E-state index contributed by atoms with van der Waals surface area (Å²) in [6.07, 6.45) is 0. The third kappa shape index (κ3) is 4.95. The van der Waals surface area contributed by atoms with Crippen LogP contribution in [-0.4, -0.2) is 22.8 Å². The van der Waals surface area contributed by atoms with Crippen LogP contribution in [-0.2, 0) is 17.9 Å². The van der Waals surface area contributed by atoms with E-state index in [9.17, 15) is 4.79 Å². The van der Waals surface area contributed by atoms with Gasteiger partial charge in [0.25, 0.3) is 10.7 Å². The standard InChI is InChI=1S/C19H19N3O4S/c1-13-7-9-14(10-8-13)25-12-18-21-22(19(27)26-18)11-17(23)20-15-5-3-4-6-16(15)24-2/h3-10H,11-12H2,1-2H3,(H,20,23). The first-order chi connectivity index (χ1) is 13.0. The van der Waals surface area contributed by atoms with Gasteiger partial charge in [-0.15, -0.1) is 5.10 Å². The zero-order valence-electron chi connectivity index (χ0n) is 15.0. The minimum atomic E-state index is -0.296. The molecule has 1 heterocycles. The van der Waals surface area contributed by atoms with Crippen LogP contribution in [0.15, 0.2) is 52.9 Å². The van der Waals surface area contributed by atoms with Crippen molar-refractivity contribution in [3.63, 3.8) is 0 Å². The first-order valence-corrected chi connectivity index (χ1v) is 8.65. The van der Waals surface area contributed by atoms with E-state index in [4.69, 9.17) is 26.1 Å². The Bertz CT molecular complexity index is 979. The molecule has 27 heavy (non-hydrogen) atoms. The van der Waals surface area contributed by atoms with Crippen molar-refractivity contribution in [2.45, 2.75) is 20.1 Å². The summed E-state index contributed by atoms with van der Waals surface area (Å²) < 4.78 is 17.5. The summed E-state index contributed by atoms with van der Waals surface area (Å²) in [7, 11) is 1.54. The number of aromatic nitrogens is 2. The van der Waals surface area contributed by atoms with Crippen LogP contribution in [0.5, 0.6) is 11.5 Å². The van der Waals surface area contributed by atoms with E-state index in [1.54, 1.807) is 25.3 Å². The van der Waals surface area contributed by atoms with E-state index in [-0.39, 0.29) is 23.9 Å². The van der Waals surface area contributed by atoms with Crippen molar-refractivity contribution in [2.75, 3.05) is 12.4 Å². The number of rotatable bonds is 7. The van der Waals surface area contributed by atoms with Crippen LogP contribution in [0.4, 0.5) is 5.69 Å². The highest BCUT2D eigenvalue weighted by Crippen LogP contribution is 2.23. The summed E-state index contributed by atoms with van der Waals surface area (Å²) in [6.45, 7) is 2.04. The number of aryl methyl sites for hydroxylation is 1. The number of nitrogens with zero attached hydrogens (tertiary/aromatic N) is 2. The summed E-state index contributed by atoms with van der Waals surface area (Å²) in [6, 6.07) is 14.8. The average molecular weight is 385 g/mol. The Morgan fingerprint density at radius 3 is 2.70 bits per heavy atom. The van der Waals surface area contributed by atoms with Crippen LogP contribution in [0.3, 0.4) is 0 Å². The molecule has 0 saturated carbocycles. The maximum Gasteiger partial charge on any atom is 0.287 e. The Labute approximate surface area is 161 Å². The lowest BCUT2D eigenvalue weighted by Gasteiger charge is -2.09. The first kappa shape index (κ1) is 18.7. The van der Waals surface area contributed by atoms with Gasteiger partial charge in [0.2, 0.25) is 5.91 Å². The minimum absolute atomic E-state index is 0.0785.